The molecule has 0 unspecified atom stereocenters. The predicted molar refractivity (Wildman–Crippen MR) is 73.3 cm³/mol. The second-order valence-electron chi connectivity index (χ2n) is 5.52. The monoisotopic (exact) mass is 268 g/mol. The molecule has 0 aromatic carbocycles. The van der Waals surface area contributed by atoms with E-state index >= 15 is 0 Å². The lowest BCUT2D eigenvalue weighted by Crippen LogP contribution is -2.57. The third-order valence-electron chi connectivity index (χ3n) is 3.65. The molecule has 1 aliphatic rings. The second kappa shape index (κ2) is 4.99. The van der Waals surface area contributed by atoms with Crippen molar-refractivity contribution in [3.63, 3.8) is 0 Å². The third-order valence-corrected chi connectivity index (χ3v) is 4.71. The first-order valence-electron chi connectivity index (χ1n) is 6.14. The summed E-state index contributed by atoms with van der Waals surface area (Å²) in [5.74, 6) is -0.829. The highest BCUT2D eigenvalue weighted by molar-refractivity contribution is 7.13. The third kappa shape index (κ3) is 2.91. The number of piperazine rings is 1. The summed E-state index contributed by atoms with van der Waals surface area (Å²) in [5, 5.41) is 8.91. The predicted octanol–water partition coefficient (Wildman–Crippen LogP) is 1.97. The van der Waals surface area contributed by atoms with E-state index in [0.717, 1.165) is 31.1 Å². The van der Waals surface area contributed by atoms with Gasteiger partial charge >= 0.3 is 5.97 Å². The minimum Gasteiger partial charge on any atom is -0.477 e. The molecule has 1 fully saturated rings. The van der Waals surface area contributed by atoms with E-state index in [1.54, 1.807) is 6.07 Å². The van der Waals surface area contributed by atoms with Crippen LogP contribution in [0.3, 0.4) is 0 Å². The van der Waals surface area contributed by atoms with Gasteiger partial charge in [0.15, 0.2) is 0 Å². The van der Waals surface area contributed by atoms with E-state index in [9.17, 15) is 4.79 Å². The smallest absolute Gasteiger partial charge is 0.345 e. The molecular formula is C13H20N2O2S. The Kier molecular flexibility index (Phi) is 3.75. The summed E-state index contributed by atoms with van der Waals surface area (Å²) < 4.78 is 0. The maximum Gasteiger partial charge on any atom is 0.345 e. The van der Waals surface area contributed by atoms with Gasteiger partial charge in [0.25, 0.3) is 0 Å². The van der Waals surface area contributed by atoms with Gasteiger partial charge in [0.2, 0.25) is 0 Å². The fourth-order valence-corrected chi connectivity index (χ4v) is 3.16. The lowest BCUT2D eigenvalue weighted by Gasteiger charge is -2.45. The van der Waals surface area contributed by atoms with Crippen LogP contribution in [0.1, 0.15) is 28.4 Å². The number of rotatable bonds is 3. The zero-order valence-corrected chi connectivity index (χ0v) is 12.0. The van der Waals surface area contributed by atoms with Crippen LogP contribution in [-0.4, -0.2) is 53.1 Å². The SMILES string of the molecule is CN1CCN(Cc2ccc(C(=O)O)s2)CC1(C)C. The highest BCUT2D eigenvalue weighted by Crippen LogP contribution is 2.23. The fraction of sp³-hybridized carbons (Fsp3) is 0.615. The number of aromatic carboxylic acids is 1. The van der Waals surface area contributed by atoms with E-state index < -0.39 is 5.97 Å². The van der Waals surface area contributed by atoms with Crippen LogP contribution in [0.4, 0.5) is 0 Å². The Morgan fingerprint density at radius 1 is 1.44 bits per heavy atom. The molecule has 1 aromatic rings. The van der Waals surface area contributed by atoms with Crippen LogP contribution < -0.4 is 0 Å². The quantitative estimate of drug-likeness (QED) is 0.910. The van der Waals surface area contributed by atoms with Crippen LogP contribution >= 0.6 is 11.3 Å². The van der Waals surface area contributed by atoms with Crippen LogP contribution in [0, 0.1) is 0 Å². The average molecular weight is 268 g/mol. The van der Waals surface area contributed by atoms with Crippen LogP contribution in [0.2, 0.25) is 0 Å². The molecular weight excluding hydrogens is 248 g/mol. The number of nitrogens with zero attached hydrogens (tertiary/aromatic N) is 2. The Morgan fingerprint density at radius 3 is 2.72 bits per heavy atom. The molecule has 5 heteroatoms. The zero-order valence-electron chi connectivity index (χ0n) is 11.1. The van der Waals surface area contributed by atoms with Crippen molar-refractivity contribution >= 4 is 17.3 Å². The average Bonchev–Trinajstić information content (AvgIpc) is 2.72. The largest absolute Gasteiger partial charge is 0.477 e. The van der Waals surface area contributed by atoms with Gasteiger partial charge in [-0.2, -0.15) is 0 Å². The molecule has 0 aliphatic carbocycles. The molecule has 1 aromatic heterocycles. The molecule has 1 aliphatic heterocycles. The van der Waals surface area contributed by atoms with Gasteiger partial charge in [-0.25, -0.2) is 4.79 Å². The normalized spacial score (nSPS) is 21.1. The number of carbonyl (C=O) groups is 1. The molecule has 1 N–H and O–H groups in total. The Labute approximate surface area is 112 Å². The van der Waals surface area contributed by atoms with Crippen molar-refractivity contribution in [1.29, 1.82) is 0 Å². The number of likely N-dealkylation sites (N-methyl/N-ethyl adjacent to an activating group) is 1. The highest BCUT2D eigenvalue weighted by atomic mass is 32.1. The summed E-state index contributed by atoms with van der Waals surface area (Å²) in [6.45, 7) is 8.47. The number of carboxylic acids is 1. The molecule has 100 valence electrons. The molecule has 0 spiro atoms. The first kappa shape index (κ1) is 13.5. The van der Waals surface area contributed by atoms with Gasteiger partial charge in [-0.15, -0.1) is 11.3 Å². The van der Waals surface area contributed by atoms with Gasteiger partial charge in [-0.1, -0.05) is 0 Å². The molecule has 0 radical (unpaired) electrons. The Morgan fingerprint density at radius 2 is 2.17 bits per heavy atom. The lowest BCUT2D eigenvalue weighted by atomic mass is 10.00. The van der Waals surface area contributed by atoms with Gasteiger partial charge < -0.3 is 5.11 Å². The topological polar surface area (TPSA) is 43.8 Å². The summed E-state index contributed by atoms with van der Waals surface area (Å²) in [6, 6.07) is 3.63. The van der Waals surface area contributed by atoms with Crippen LogP contribution in [-0.2, 0) is 6.54 Å². The fourth-order valence-electron chi connectivity index (χ4n) is 2.27. The van der Waals surface area contributed by atoms with Crippen LogP contribution in [0.25, 0.3) is 0 Å². The molecule has 0 amide bonds. The summed E-state index contributed by atoms with van der Waals surface area (Å²) in [4.78, 5) is 17.2. The summed E-state index contributed by atoms with van der Waals surface area (Å²) >= 11 is 1.38. The van der Waals surface area contributed by atoms with Crippen molar-refractivity contribution < 1.29 is 9.90 Å². The van der Waals surface area contributed by atoms with Crippen LogP contribution in [0.5, 0.6) is 0 Å². The second-order valence-corrected chi connectivity index (χ2v) is 6.68. The molecule has 18 heavy (non-hydrogen) atoms. The van der Waals surface area contributed by atoms with Gasteiger partial charge in [-0.3, -0.25) is 9.80 Å². The molecule has 1 saturated heterocycles. The van der Waals surface area contributed by atoms with Gasteiger partial charge in [0, 0.05) is 36.6 Å². The Hall–Kier alpha value is -0.910. The first-order valence-corrected chi connectivity index (χ1v) is 6.96. The van der Waals surface area contributed by atoms with Crippen molar-refractivity contribution in [2.75, 3.05) is 26.7 Å². The highest BCUT2D eigenvalue weighted by Gasteiger charge is 2.30. The number of hydrogen-bond donors (Lipinski definition) is 1. The zero-order chi connectivity index (χ0) is 13.3. The Balaban J connectivity index is 1.99. The van der Waals surface area contributed by atoms with E-state index in [-0.39, 0.29) is 5.54 Å². The van der Waals surface area contributed by atoms with Gasteiger partial charge in [-0.05, 0) is 33.0 Å². The molecule has 0 saturated carbocycles. The van der Waals surface area contributed by atoms with Gasteiger partial charge in [0.05, 0.1) is 0 Å². The number of thiophene rings is 1. The lowest BCUT2D eigenvalue weighted by molar-refractivity contribution is 0.0365. The van der Waals surface area contributed by atoms with E-state index in [1.807, 2.05) is 6.07 Å². The van der Waals surface area contributed by atoms with Crippen molar-refractivity contribution in [3.8, 4) is 0 Å². The number of hydrogen-bond acceptors (Lipinski definition) is 4. The standard InChI is InChI=1S/C13H20N2O2S/c1-13(2)9-15(7-6-14(13)3)8-10-4-5-11(18-10)12(16)17/h4-5H,6-9H2,1-3H3,(H,16,17). The molecule has 2 heterocycles. The summed E-state index contributed by atoms with van der Waals surface area (Å²) in [7, 11) is 2.16. The molecule has 4 nitrogen and oxygen atoms in total. The van der Waals surface area contributed by atoms with Crippen molar-refractivity contribution in [3.05, 3.63) is 21.9 Å². The molecule has 0 bridgehead atoms. The van der Waals surface area contributed by atoms with E-state index in [4.69, 9.17) is 5.11 Å². The maximum atomic E-state index is 10.8. The van der Waals surface area contributed by atoms with Crippen LogP contribution in [0.15, 0.2) is 12.1 Å². The van der Waals surface area contributed by atoms with E-state index in [1.165, 1.54) is 11.3 Å². The molecule has 2 rings (SSSR count). The minimum absolute atomic E-state index is 0.186. The van der Waals surface area contributed by atoms with E-state index in [2.05, 4.69) is 30.7 Å². The van der Waals surface area contributed by atoms with Gasteiger partial charge in [0.1, 0.15) is 4.88 Å². The van der Waals surface area contributed by atoms with E-state index in [0.29, 0.717) is 4.88 Å². The number of carboxylic acid groups (broad SMARTS) is 1. The first-order chi connectivity index (χ1) is 8.38. The Bertz CT molecular complexity index is 442. The molecule has 0 atom stereocenters. The summed E-state index contributed by atoms with van der Waals surface area (Å²) in [5.41, 5.74) is 0.186. The van der Waals surface area contributed by atoms with Crippen molar-refractivity contribution in [2.45, 2.75) is 25.9 Å². The maximum absolute atomic E-state index is 10.8. The van der Waals surface area contributed by atoms with Crippen molar-refractivity contribution in [1.82, 2.24) is 9.80 Å². The summed E-state index contributed by atoms with van der Waals surface area (Å²) in [6.07, 6.45) is 0. The van der Waals surface area contributed by atoms with Crippen molar-refractivity contribution in [2.24, 2.45) is 0 Å². The minimum atomic E-state index is -0.829.